The third-order valence-electron chi connectivity index (χ3n) is 5.89. The van der Waals surface area contributed by atoms with Gasteiger partial charge in [-0.05, 0) is 48.7 Å². The number of thiazole rings is 1. The van der Waals surface area contributed by atoms with Crippen molar-refractivity contribution in [3.8, 4) is 5.75 Å². The van der Waals surface area contributed by atoms with Gasteiger partial charge in [0.25, 0.3) is 0 Å². The Bertz CT molecular complexity index is 1170. The zero-order valence-electron chi connectivity index (χ0n) is 17.9. The molecule has 5 nitrogen and oxygen atoms in total. The number of aromatic nitrogens is 1. The molecule has 1 aliphatic rings. The fourth-order valence-electron chi connectivity index (χ4n) is 4.04. The third kappa shape index (κ3) is 4.39. The largest absolute Gasteiger partial charge is 0.495 e. The van der Waals surface area contributed by atoms with Crippen molar-refractivity contribution in [3.63, 3.8) is 0 Å². The van der Waals surface area contributed by atoms with Crippen molar-refractivity contribution in [1.29, 1.82) is 0 Å². The van der Waals surface area contributed by atoms with Crippen LogP contribution in [0.25, 0.3) is 0 Å². The first-order valence-electron chi connectivity index (χ1n) is 10.1. The molecule has 0 radical (unpaired) electrons. The first-order valence-corrected chi connectivity index (χ1v) is 11.0. The van der Waals surface area contributed by atoms with Crippen LogP contribution in [0.1, 0.15) is 28.1 Å². The smallest absolute Gasteiger partial charge is 0.416 e. The molecule has 1 N–H and O–H groups in total. The Morgan fingerprint density at radius 3 is 2.67 bits per heavy atom. The fraction of sp³-hybridized carbons (Fsp3) is 0.304. The molecule has 0 saturated carbocycles. The van der Waals surface area contributed by atoms with Gasteiger partial charge < -0.3 is 15.0 Å². The number of methoxy groups -OCH3 is 1. The predicted molar refractivity (Wildman–Crippen MR) is 117 cm³/mol. The van der Waals surface area contributed by atoms with Gasteiger partial charge in [-0.25, -0.2) is 14.2 Å². The number of likely N-dealkylation sites (tertiary alicyclic amines) is 1. The Labute approximate surface area is 192 Å². The minimum Gasteiger partial charge on any atom is -0.495 e. The molecule has 1 aromatic heterocycles. The molecule has 3 aromatic rings. The number of benzene rings is 2. The molecule has 0 bridgehead atoms. The highest BCUT2D eigenvalue weighted by molar-refractivity contribution is 7.09. The summed E-state index contributed by atoms with van der Waals surface area (Å²) in [5, 5.41) is 5.11. The van der Waals surface area contributed by atoms with E-state index >= 15 is 0 Å². The number of carbonyl (C=O) groups is 1. The molecule has 2 amide bonds. The van der Waals surface area contributed by atoms with Gasteiger partial charge in [0.1, 0.15) is 16.6 Å². The number of alkyl halides is 3. The predicted octanol–water partition coefficient (Wildman–Crippen LogP) is 5.84. The number of amides is 2. The van der Waals surface area contributed by atoms with Crippen molar-refractivity contribution < 1.29 is 27.1 Å². The number of aryl methyl sites for hydroxylation is 1. The SMILES string of the molecule is COc1ccc(C(F)(F)F)cc1NC(=O)N1CC[C@](c2ccc(C)c(F)c2)(c2nccs2)C1. The summed E-state index contributed by atoms with van der Waals surface area (Å²) in [6.45, 7) is 2.20. The summed E-state index contributed by atoms with van der Waals surface area (Å²) in [6.07, 6.45) is -2.41. The van der Waals surface area contributed by atoms with E-state index in [1.54, 1.807) is 19.2 Å². The average molecular weight is 479 g/mol. The molecule has 1 atom stereocenters. The van der Waals surface area contributed by atoms with Crippen molar-refractivity contribution in [1.82, 2.24) is 9.88 Å². The highest BCUT2D eigenvalue weighted by Crippen LogP contribution is 2.43. The standard InChI is InChI=1S/C23H21F4N3O2S/c1-14-3-4-15(11-17(14)24)22(20-28-8-10-33-20)7-9-30(13-22)21(31)29-18-12-16(23(25,26)27)5-6-19(18)32-2/h3-6,8,10-12H,7,9,13H2,1-2H3,(H,29,31)/t22-/m0/s1. The number of nitrogens with zero attached hydrogens (tertiary/aromatic N) is 2. The highest BCUT2D eigenvalue weighted by atomic mass is 32.1. The van der Waals surface area contributed by atoms with Crippen LogP contribution in [0.2, 0.25) is 0 Å². The summed E-state index contributed by atoms with van der Waals surface area (Å²) in [7, 11) is 1.31. The van der Waals surface area contributed by atoms with E-state index in [1.807, 2.05) is 11.4 Å². The van der Waals surface area contributed by atoms with Crippen molar-refractivity contribution in [2.75, 3.05) is 25.5 Å². The maximum absolute atomic E-state index is 14.4. The van der Waals surface area contributed by atoms with Crippen molar-refractivity contribution in [3.05, 3.63) is 75.5 Å². The Kier molecular flexibility index (Phi) is 6.04. The van der Waals surface area contributed by atoms with Crippen molar-refractivity contribution in [2.45, 2.75) is 24.9 Å². The van der Waals surface area contributed by atoms with Gasteiger partial charge in [-0.15, -0.1) is 11.3 Å². The molecule has 10 heteroatoms. The van der Waals surface area contributed by atoms with Crippen LogP contribution in [0.3, 0.4) is 0 Å². The van der Waals surface area contributed by atoms with Gasteiger partial charge in [0.15, 0.2) is 0 Å². The molecular formula is C23H21F4N3O2S. The number of hydrogen-bond acceptors (Lipinski definition) is 4. The van der Waals surface area contributed by atoms with Crippen LogP contribution < -0.4 is 10.1 Å². The summed E-state index contributed by atoms with van der Waals surface area (Å²) in [4.78, 5) is 19.0. The van der Waals surface area contributed by atoms with Crippen LogP contribution in [-0.4, -0.2) is 36.1 Å². The zero-order chi connectivity index (χ0) is 23.8. The zero-order valence-corrected chi connectivity index (χ0v) is 18.7. The topological polar surface area (TPSA) is 54.5 Å². The van der Waals surface area contributed by atoms with Crippen LogP contribution in [0.15, 0.2) is 48.0 Å². The van der Waals surface area contributed by atoms with Gasteiger partial charge in [0.05, 0.1) is 23.8 Å². The first-order chi connectivity index (χ1) is 15.6. The van der Waals surface area contributed by atoms with Gasteiger partial charge in [-0.1, -0.05) is 12.1 Å². The molecule has 2 heterocycles. The summed E-state index contributed by atoms with van der Waals surface area (Å²) in [5.74, 6) is -0.234. The molecule has 2 aromatic carbocycles. The van der Waals surface area contributed by atoms with E-state index in [1.165, 1.54) is 29.4 Å². The number of rotatable bonds is 4. The number of halogens is 4. The maximum Gasteiger partial charge on any atom is 0.416 e. The normalized spacial score (nSPS) is 18.4. The van der Waals surface area contributed by atoms with E-state index in [2.05, 4.69) is 10.3 Å². The Morgan fingerprint density at radius 1 is 1.24 bits per heavy atom. The van der Waals surface area contributed by atoms with Gasteiger partial charge in [0, 0.05) is 24.7 Å². The second-order valence-electron chi connectivity index (χ2n) is 7.90. The number of carbonyl (C=O) groups excluding carboxylic acids is 1. The summed E-state index contributed by atoms with van der Waals surface area (Å²) in [6, 6.07) is 7.32. The second kappa shape index (κ2) is 8.66. The fourth-order valence-corrected chi connectivity index (χ4v) is 4.93. The Balaban J connectivity index is 1.63. The molecule has 1 fully saturated rings. The average Bonchev–Trinajstić information content (AvgIpc) is 3.46. The van der Waals surface area contributed by atoms with Crippen LogP contribution in [-0.2, 0) is 11.6 Å². The van der Waals surface area contributed by atoms with E-state index < -0.39 is 23.2 Å². The van der Waals surface area contributed by atoms with E-state index in [-0.39, 0.29) is 23.8 Å². The van der Waals surface area contributed by atoms with E-state index in [0.717, 1.165) is 23.2 Å². The van der Waals surface area contributed by atoms with Crippen LogP contribution in [0.4, 0.5) is 28.0 Å². The molecule has 0 unspecified atom stereocenters. The van der Waals surface area contributed by atoms with Gasteiger partial charge in [-0.2, -0.15) is 13.2 Å². The summed E-state index contributed by atoms with van der Waals surface area (Å²) in [5.41, 5.74) is -0.472. The number of urea groups is 1. The van der Waals surface area contributed by atoms with Crippen molar-refractivity contribution in [2.24, 2.45) is 0 Å². The van der Waals surface area contributed by atoms with Gasteiger partial charge >= 0.3 is 12.2 Å². The van der Waals surface area contributed by atoms with E-state index in [0.29, 0.717) is 24.1 Å². The molecule has 0 aliphatic carbocycles. The highest BCUT2D eigenvalue weighted by Gasteiger charge is 2.45. The number of anilines is 1. The summed E-state index contributed by atoms with van der Waals surface area (Å²) < 4.78 is 59.0. The lowest BCUT2D eigenvalue weighted by Crippen LogP contribution is -2.37. The molecule has 4 rings (SSSR count). The molecule has 0 spiro atoms. The monoisotopic (exact) mass is 479 g/mol. The minimum absolute atomic E-state index is 0.0783. The Morgan fingerprint density at radius 2 is 2.03 bits per heavy atom. The van der Waals surface area contributed by atoms with E-state index in [4.69, 9.17) is 4.74 Å². The third-order valence-corrected chi connectivity index (χ3v) is 6.87. The molecular weight excluding hydrogens is 458 g/mol. The van der Waals surface area contributed by atoms with Gasteiger partial charge in [-0.3, -0.25) is 0 Å². The molecule has 33 heavy (non-hydrogen) atoms. The summed E-state index contributed by atoms with van der Waals surface area (Å²) >= 11 is 1.42. The van der Waals surface area contributed by atoms with E-state index in [9.17, 15) is 22.4 Å². The lowest BCUT2D eigenvalue weighted by atomic mass is 9.80. The lowest BCUT2D eigenvalue weighted by Gasteiger charge is -2.28. The molecule has 1 aliphatic heterocycles. The van der Waals surface area contributed by atoms with Gasteiger partial charge in [0.2, 0.25) is 0 Å². The quantitative estimate of drug-likeness (QED) is 0.478. The second-order valence-corrected chi connectivity index (χ2v) is 8.79. The maximum atomic E-state index is 14.4. The van der Waals surface area contributed by atoms with Crippen molar-refractivity contribution >= 4 is 23.1 Å². The van der Waals surface area contributed by atoms with Crippen LogP contribution in [0.5, 0.6) is 5.75 Å². The number of nitrogens with one attached hydrogen (secondary N) is 1. The van der Waals surface area contributed by atoms with Crippen LogP contribution in [0, 0.1) is 12.7 Å². The van der Waals surface area contributed by atoms with Crippen LogP contribution >= 0.6 is 11.3 Å². The molecule has 1 saturated heterocycles. The lowest BCUT2D eigenvalue weighted by molar-refractivity contribution is -0.137. The molecule has 174 valence electrons. The Hall–Kier alpha value is -3.14. The minimum atomic E-state index is -4.56. The number of ether oxygens (including phenoxy) is 1. The first kappa shape index (κ1) is 23.0. The number of hydrogen-bond donors (Lipinski definition) is 1.